The van der Waals surface area contributed by atoms with Crippen LogP contribution in [-0.2, 0) is 11.2 Å². The Kier molecular flexibility index (Phi) is 7.02. The summed E-state index contributed by atoms with van der Waals surface area (Å²) >= 11 is 3.40. The third-order valence-electron chi connectivity index (χ3n) is 3.05. The first-order valence-electron chi connectivity index (χ1n) is 6.58. The van der Waals surface area contributed by atoms with Crippen molar-refractivity contribution in [1.82, 2.24) is 4.90 Å². The van der Waals surface area contributed by atoms with Crippen molar-refractivity contribution in [2.45, 2.75) is 37.4 Å². The molecular formula is C15H22BrNO. The average Bonchev–Trinajstić information content (AvgIpc) is 2.42. The van der Waals surface area contributed by atoms with Crippen molar-refractivity contribution in [1.29, 1.82) is 0 Å². The predicted molar refractivity (Wildman–Crippen MR) is 80.0 cm³/mol. The Morgan fingerprint density at radius 1 is 1.28 bits per heavy atom. The molecule has 0 saturated carbocycles. The monoisotopic (exact) mass is 311 g/mol. The number of halogens is 1. The minimum Gasteiger partial charge on any atom is -0.345 e. The van der Waals surface area contributed by atoms with E-state index in [-0.39, 0.29) is 10.7 Å². The summed E-state index contributed by atoms with van der Waals surface area (Å²) in [6.45, 7) is 2.86. The fourth-order valence-corrected chi connectivity index (χ4v) is 2.20. The van der Waals surface area contributed by atoms with Crippen LogP contribution in [0.5, 0.6) is 0 Å². The molecule has 1 amide bonds. The maximum Gasteiger partial charge on any atom is 0.236 e. The van der Waals surface area contributed by atoms with Crippen LogP contribution in [0.4, 0.5) is 0 Å². The molecule has 0 radical (unpaired) electrons. The van der Waals surface area contributed by atoms with Gasteiger partial charge in [0, 0.05) is 13.6 Å². The van der Waals surface area contributed by atoms with E-state index in [4.69, 9.17) is 0 Å². The van der Waals surface area contributed by atoms with Gasteiger partial charge in [0.25, 0.3) is 0 Å². The van der Waals surface area contributed by atoms with Crippen LogP contribution in [0.1, 0.15) is 31.7 Å². The van der Waals surface area contributed by atoms with Crippen LogP contribution in [-0.4, -0.2) is 29.2 Å². The van der Waals surface area contributed by atoms with Gasteiger partial charge in [0.2, 0.25) is 5.91 Å². The van der Waals surface area contributed by atoms with Crippen LogP contribution >= 0.6 is 15.9 Å². The van der Waals surface area contributed by atoms with Gasteiger partial charge in [-0.1, -0.05) is 53.2 Å². The van der Waals surface area contributed by atoms with Gasteiger partial charge in [-0.15, -0.1) is 0 Å². The van der Waals surface area contributed by atoms with Crippen molar-refractivity contribution >= 4 is 21.8 Å². The molecule has 0 aliphatic rings. The molecule has 0 N–H and O–H groups in total. The van der Waals surface area contributed by atoms with E-state index >= 15 is 0 Å². The van der Waals surface area contributed by atoms with E-state index in [1.807, 2.05) is 24.9 Å². The largest absolute Gasteiger partial charge is 0.345 e. The molecule has 0 spiro atoms. The quantitative estimate of drug-likeness (QED) is 0.556. The Hall–Kier alpha value is -0.830. The maximum absolute atomic E-state index is 11.8. The van der Waals surface area contributed by atoms with Gasteiger partial charge >= 0.3 is 0 Å². The Morgan fingerprint density at radius 2 is 1.94 bits per heavy atom. The van der Waals surface area contributed by atoms with E-state index in [9.17, 15) is 4.79 Å². The first kappa shape index (κ1) is 15.2. The van der Waals surface area contributed by atoms with Crippen molar-refractivity contribution in [2.24, 2.45) is 0 Å². The van der Waals surface area contributed by atoms with E-state index < -0.39 is 0 Å². The number of carbonyl (C=O) groups excluding carboxylic acids is 1. The summed E-state index contributed by atoms with van der Waals surface area (Å²) < 4.78 is 0. The minimum atomic E-state index is -0.0309. The van der Waals surface area contributed by atoms with E-state index in [1.165, 1.54) is 5.56 Å². The van der Waals surface area contributed by atoms with Crippen molar-refractivity contribution in [2.75, 3.05) is 13.6 Å². The normalized spacial score (nSPS) is 12.2. The van der Waals surface area contributed by atoms with Gasteiger partial charge in [-0.25, -0.2) is 0 Å². The molecule has 1 aromatic carbocycles. The summed E-state index contributed by atoms with van der Waals surface area (Å²) in [5, 5.41) is 0. The molecule has 0 fully saturated rings. The maximum atomic E-state index is 11.8. The number of hydrogen-bond acceptors (Lipinski definition) is 1. The molecule has 0 bridgehead atoms. The first-order valence-corrected chi connectivity index (χ1v) is 7.49. The summed E-state index contributed by atoms with van der Waals surface area (Å²) in [4.78, 5) is 13.6. The van der Waals surface area contributed by atoms with Crippen molar-refractivity contribution < 1.29 is 4.79 Å². The second-order valence-corrected chi connectivity index (χ2v) is 5.68. The molecule has 1 aromatic rings. The van der Waals surface area contributed by atoms with E-state index in [0.717, 1.165) is 32.2 Å². The molecule has 1 unspecified atom stereocenters. The smallest absolute Gasteiger partial charge is 0.236 e. The lowest BCUT2D eigenvalue weighted by molar-refractivity contribution is -0.129. The van der Waals surface area contributed by atoms with E-state index in [0.29, 0.717) is 0 Å². The molecule has 0 aromatic heterocycles. The van der Waals surface area contributed by atoms with Crippen molar-refractivity contribution in [3.05, 3.63) is 35.9 Å². The number of aryl methyl sites for hydroxylation is 1. The minimum absolute atomic E-state index is 0.0309. The van der Waals surface area contributed by atoms with Gasteiger partial charge in [0.1, 0.15) is 0 Å². The van der Waals surface area contributed by atoms with Gasteiger partial charge in [0.05, 0.1) is 4.83 Å². The third-order valence-corrected chi connectivity index (χ3v) is 4.09. The Labute approximate surface area is 119 Å². The molecule has 1 atom stereocenters. The summed E-state index contributed by atoms with van der Waals surface area (Å²) in [6, 6.07) is 10.5. The van der Waals surface area contributed by atoms with Gasteiger partial charge in [-0.2, -0.15) is 0 Å². The highest BCUT2D eigenvalue weighted by Gasteiger charge is 2.16. The van der Waals surface area contributed by atoms with Crippen LogP contribution in [0.2, 0.25) is 0 Å². The van der Waals surface area contributed by atoms with Crippen LogP contribution in [0.3, 0.4) is 0 Å². The van der Waals surface area contributed by atoms with Crippen LogP contribution in [0.15, 0.2) is 30.3 Å². The highest BCUT2D eigenvalue weighted by Crippen LogP contribution is 2.09. The fourth-order valence-electron chi connectivity index (χ4n) is 1.85. The number of amides is 1. The zero-order valence-electron chi connectivity index (χ0n) is 11.2. The number of carbonyl (C=O) groups is 1. The molecular weight excluding hydrogens is 290 g/mol. The zero-order valence-corrected chi connectivity index (χ0v) is 12.8. The lowest BCUT2D eigenvalue weighted by atomic mass is 10.1. The molecule has 0 heterocycles. The van der Waals surface area contributed by atoms with E-state index in [2.05, 4.69) is 40.2 Å². The van der Waals surface area contributed by atoms with Crippen molar-refractivity contribution in [3.8, 4) is 0 Å². The van der Waals surface area contributed by atoms with Gasteiger partial charge in [-0.05, 0) is 31.2 Å². The zero-order chi connectivity index (χ0) is 13.4. The molecule has 3 heteroatoms. The standard InChI is InChI=1S/C15H22BrNO/c1-3-14(16)15(18)17(2)12-8-7-11-13-9-5-4-6-10-13/h4-6,9-10,14H,3,7-8,11-12H2,1-2H3. The molecule has 18 heavy (non-hydrogen) atoms. The highest BCUT2D eigenvalue weighted by atomic mass is 79.9. The number of hydrogen-bond donors (Lipinski definition) is 0. The summed E-state index contributed by atoms with van der Waals surface area (Å²) in [6.07, 6.45) is 4.11. The lowest BCUT2D eigenvalue weighted by Crippen LogP contribution is -2.33. The Morgan fingerprint density at radius 3 is 2.56 bits per heavy atom. The van der Waals surface area contributed by atoms with Gasteiger partial charge in [0.15, 0.2) is 0 Å². The van der Waals surface area contributed by atoms with Gasteiger partial charge < -0.3 is 4.90 Å². The third kappa shape index (κ3) is 5.21. The summed E-state index contributed by atoms with van der Waals surface area (Å²) in [5.74, 6) is 0.192. The van der Waals surface area contributed by atoms with Crippen LogP contribution in [0.25, 0.3) is 0 Å². The van der Waals surface area contributed by atoms with Crippen LogP contribution in [0, 0.1) is 0 Å². The molecule has 0 aliphatic heterocycles. The number of unbranched alkanes of at least 4 members (excludes halogenated alkanes) is 1. The average molecular weight is 312 g/mol. The molecule has 100 valence electrons. The van der Waals surface area contributed by atoms with Crippen molar-refractivity contribution in [3.63, 3.8) is 0 Å². The molecule has 0 saturated heterocycles. The second kappa shape index (κ2) is 8.30. The molecule has 2 nitrogen and oxygen atoms in total. The van der Waals surface area contributed by atoms with Gasteiger partial charge in [-0.3, -0.25) is 4.79 Å². The number of alkyl halides is 1. The lowest BCUT2D eigenvalue weighted by Gasteiger charge is -2.19. The number of benzene rings is 1. The number of nitrogens with zero attached hydrogens (tertiary/aromatic N) is 1. The predicted octanol–water partition coefficient (Wildman–Crippen LogP) is 3.64. The first-order chi connectivity index (χ1) is 8.65. The Balaban J connectivity index is 2.20. The molecule has 1 rings (SSSR count). The van der Waals surface area contributed by atoms with E-state index in [1.54, 1.807) is 0 Å². The SMILES string of the molecule is CCC(Br)C(=O)N(C)CCCCc1ccccc1. The summed E-state index contributed by atoms with van der Waals surface area (Å²) in [7, 11) is 1.88. The Bertz CT molecular complexity index is 353. The molecule has 0 aliphatic carbocycles. The summed E-state index contributed by atoms with van der Waals surface area (Å²) in [5.41, 5.74) is 1.37. The fraction of sp³-hybridized carbons (Fsp3) is 0.533. The highest BCUT2D eigenvalue weighted by molar-refractivity contribution is 9.10. The second-order valence-electron chi connectivity index (χ2n) is 4.58. The van der Waals surface area contributed by atoms with Crippen LogP contribution < -0.4 is 0 Å². The topological polar surface area (TPSA) is 20.3 Å². The number of rotatable bonds is 7.